The molecule has 0 bridgehead atoms. The third-order valence-corrected chi connectivity index (χ3v) is 7.26. The Morgan fingerprint density at radius 2 is 1.27 bits per heavy atom. The van der Waals surface area contributed by atoms with Crippen molar-refractivity contribution in [3.05, 3.63) is 85.8 Å². The van der Waals surface area contributed by atoms with Gasteiger partial charge in [-0.2, -0.15) is 5.26 Å². The van der Waals surface area contributed by atoms with Gasteiger partial charge in [0.2, 0.25) is 11.9 Å². The van der Waals surface area contributed by atoms with E-state index in [4.69, 9.17) is 28.6 Å². The fourth-order valence-corrected chi connectivity index (χ4v) is 5.10. The van der Waals surface area contributed by atoms with Gasteiger partial charge in [0.05, 0.1) is 26.7 Å². The number of hydrogen-bond acceptors (Lipinski definition) is 8. The van der Waals surface area contributed by atoms with Crippen molar-refractivity contribution in [2.75, 3.05) is 11.5 Å². The number of H-pyrrole nitrogens is 2. The number of nitriles is 1. The molecular weight excluding hydrogens is 803 g/mol. The number of nitrogens with one attached hydrogen (secondary N) is 2. The van der Waals surface area contributed by atoms with Crippen LogP contribution in [0.15, 0.2) is 70.1 Å². The summed E-state index contributed by atoms with van der Waals surface area (Å²) in [6.07, 6.45) is 6.93. The average Bonchev–Trinajstić information content (AvgIpc) is 3.55. The summed E-state index contributed by atoms with van der Waals surface area (Å²) in [7, 11) is 0. The number of aromatic nitrogens is 6. The first-order chi connectivity index (χ1) is 18.8. The van der Waals surface area contributed by atoms with Gasteiger partial charge in [-0.15, -0.1) is 0 Å². The topological polar surface area (TPSA) is 183 Å². The number of halogens is 3. The zero-order valence-corrected chi connectivity index (χ0v) is 26.3. The molecule has 0 saturated heterocycles. The van der Waals surface area contributed by atoms with Gasteiger partial charge in [-0.1, -0.05) is 31.9 Å². The van der Waals surface area contributed by atoms with Crippen LogP contribution in [0.1, 0.15) is 5.56 Å². The van der Waals surface area contributed by atoms with Crippen LogP contribution in [-0.2, 0) is 17.1 Å². The number of nitrogens with zero attached hydrogens (tertiary/aromatic N) is 6. The summed E-state index contributed by atoms with van der Waals surface area (Å²) in [5.74, 6) is 0.438. The number of rotatable bonds is 2. The van der Waals surface area contributed by atoms with Crippen LogP contribution in [0.4, 0.5) is 11.9 Å². The number of fused-ring (bicyclic) bond motifs is 2. The van der Waals surface area contributed by atoms with Crippen molar-refractivity contribution in [3.8, 4) is 28.6 Å². The third kappa shape index (κ3) is 6.60. The van der Waals surface area contributed by atoms with E-state index >= 15 is 0 Å². The van der Waals surface area contributed by atoms with E-state index in [1.807, 2.05) is 42.7 Å². The molecule has 40 heavy (non-hydrogen) atoms. The van der Waals surface area contributed by atoms with Crippen LogP contribution < -0.4 is 11.5 Å². The fraction of sp³-hybridized carbons (Fsp3) is 0. The maximum absolute atomic E-state index is 9.14. The molecule has 0 spiro atoms. The molecule has 0 aliphatic heterocycles. The third-order valence-electron chi connectivity index (χ3n) is 5.49. The van der Waals surface area contributed by atoms with Crippen molar-refractivity contribution >= 4 is 88.2 Å². The van der Waals surface area contributed by atoms with E-state index in [0.29, 0.717) is 11.3 Å². The van der Waals surface area contributed by atoms with E-state index in [1.165, 1.54) is 6.20 Å². The molecule has 0 amide bonds. The summed E-state index contributed by atoms with van der Waals surface area (Å²) in [4.78, 5) is 22.7. The second-order valence-corrected chi connectivity index (χ2v) is 10.8. The van der Waals surface area contributed by atoms with Crippen LogP contribution in [0.2, 0.25) is 0 Å². The Bertz CT molecular complexity index is 1880. The molecule has 6 aromatic rings. The smallest absolute Gasteiger partial charge is 0.512 e. The molecule has 0 saturated carbocycles. The van der Waals surface area contributed by atoms with Gasteiger partial charge in [0.15, 0.2) is 0 Å². The first-order valence-electron chi connectivity index (χ1n) is 10.9. The van der Waals surface area contributed by atoms with Crippen molar-refractivity contribution in [2.45, 2.75) is 0 Å². The van der Waals surface area contributed by atoms with E-state index in [2.05, 4.69) is 96.5 Å². The van der Waals surface area contributed by atoms with E-state index in [-0.39, 0.29) is 29.0 Å². The van der Waals surface area contributed by atoms with Crippen molar-refractivity contribution in [1.29, 1.82) is 10.5 Å². The molecule has 0 aliphatic carbocycles. The van der Waals surface area contributed by atoms with Gasteiger partial charge in [0.1, 0.15) is 6.07 Å². The summed E-state index contributed by atoms with van der Waals surface area (Å²) in [5.41, 5.74) is 17.0. The van der Waals surface area contributed by atoms with Gasteiger partial charge in [0.25, 0.3) is 0 Å². The van der Waals surface area contributed by atoms with Crippen LogP contribution >= 0.6 is 54.5 Å². The van der Waals surface area contributed by atoms with Crippen molar-refractivity contribution < 1.29 is 17.1 Å². The fourth-order valence-electron chi connectivity index (χ4n) is 3.83. The Kier molecular flexibility index (Phi) is 10.6. The number of anilines is 2. The minimum absolute atomic E-state index is 0. The van der Waals surface area contributed by atoms with E-state index in [9.17, 15) is 0 Å². The largest absolute Gasteiger partial charge is 1.00 e. The van der Waals surface area contributed by atoms with Crippen LogP contribution in [0.3, 0.4) is 0 Å². The van der Waals surface area contributed by atoms with Crippen LogP contribution in [0.5, 0.6) is 0 Å². The first kappa shape index (κ1) is 31.0. The predicted octanol–water partition coefficient (Wildman–Crippen LogP) is 6.51. The summed E-state index contributed by atoms with van der Waals surface area (Å²) in [5, 5.41) is 17.5. The second-order valence-electron chi connectivity index (χ2n) is 7.81. The van der Waals surface area contributed by atoms with Gasteiger partial charge < -0.3 is 33.3 Å². The molecule has 0 unspecified atom stereocenters. The zero-order valence-electron chi connectivity index (χ0n) is 20.0. The summed E-state index contributed by atoms with van der Waals surface area (Å²) < 4.78 is 2.97. The Morgan fingerprint density at radius 3 is 1.80 bits per heavy atom. The maximum atomic E-state index is 9.14. The number of nitrogen functional groups attached to an aromatic ring is 2. The van der Waals surface area contributed by atoms with E-state index in [0.717, 1.165) is 51.1 Å². The summed E-state index contributed by atoms with van der Waals surface area (Å²) in [6.45, 7) is 4.75. The Balaban J connectivity index is 0.000000203. The van der Waals surface area contributed by atoms with Gasteiger partial charge >= 0.3 is 17.1 Å². The van der Waals surface area contributed by atoms with Crippen molar-refractivity contribution in [1.82, 2.24) is 29.9 Å². The summed E-state index contributed by atoms with van der Waals surface area (Å²) >= 11 is 9.13. The molecule has 10 nitrogen and oxygen atoms in total. The van der Waals surface area contributed by atoms with Gasteiger partial charge in [0, 0.05) is 60.5 Å². The van der Waals surface area contributed by atoms with E-state index < -0.39 is 0 Å². The zero-order chi connectivity index (χ0) is 28.1. The van der Waals surface area contributed by atoms with Crippen LogP contribution in [0, 0.1) is 26.7 Å². The molecule has 4 aromatic heterocycles. The van der Waals surface area contributed by atoms with Crippen molar-refractivity contribution in [2.24, 2.45) is 0 Å². The molecule has 0 aliphatic rings. The standard InChI is InChI=1S/C13H8BrN5.C12H8BrIN4.CN.Cu/c14-8-1-2-11-9(3-8)10(6-17-11)12-7(4-15)5-18-13(16)19-12;13-6-1-2-10-7(3-6)8(4-16-10)11-9(14)5-17-12(15)18-11;1-2;/h1-3,5-6,17H,(H2,16,18,19);1-5,16H,(H2,15,17,18);;/q;;-1;+1. The maximum Gasteiger partial charge on any atom is 1.00 e. The van der Waals surface area contributed by atoms with Crippen molar-refractivity contribution in [3.63, 3.8) is 0 Å². The quantitative estimate of drug-likeness (QED) is 0.0867. The van der Waals surface area contributed by atoms with E-state index in [1.54, 1.807) is 6.20 Å². The Hall–Kier alpha value is -3.53. The molecule has 0 radical (unpaired) electrons. The Morgan fingerprint density at radius 1 is 0.800 bits per heavy atom. The average molecular weight is 819 g/mol. The minimum atomic E-state index is 0. The molecular formula is C26H16Br2CuIN10. The SMILES string of the molecule is N#Cc1cnc(N)nc1-c1c[nH]c2ccc(Br)cc12.Nc1ncc(I)c(-c2c[nH]c3ccc(Br)cc23)n1.[C-]#N.[Cu+]. The number of benzene rings is 2. The normalized spacial score (nSPS) is 10.0. The molecule has 0 fully saturated rings. The minimum Gasteiger partial charge on any atom is -0.512 e. The number of aromatic amines is 2. The van der Waals surface area contributed by atoms with Gasteiger partial charge in [-0.3, -0.25) is 0 Å². The number of hydrogen-bond donors (Lipinski definition) is 4. The molecule has 4 heterocycles. The molecule has 202 valence electrons. The molecule has 0 atom stereocenters. The van der Waals surface area contributed by atoms with Crippen LogP contribution in [-0.4, -0.2) is 29.9 Å². The molecule has 6 rings (SSSR count). The Labute approximate surface area is 269 Å². The van der Waals surface area contributed by atoms with Gasteiger partial charge in [-0.05, 0) is 59.0 Å². The number of nitrogens with two attached hydrogens (primary N) is 2. The molecule has 14 heteroatoms. The monoisotopic (exact) mass is 816 g/mol. The van der Waals surface area contributed by atoms with Crippen LogP contribution in [0.25, 0.3) is 44.3 Å². The molecule has 2 aromatic carbocycles. The molecule has 6 N–H and O–H groups in total. The predicted molar refractivity (Wildman–Crippen MR) is 165 cm³/mol. The second kappa shape index (κ2) is 13.7. The summed E-state index contributed by atoms with van der Waals surface area (Å²) in [6, 6.07) is 14.1. The first-order valence-corrected chi connectivity index (χ1v) is 13.6. The van der Waals surface area contributed by atoms with Gasteiger partial charge in [-0.25, -0.2) is 19.9 Å².